The Hall–Kier alpha value is -2.69. The van der Waals surface area contributed by atoms with Gasteiger partial charge in [-0.1, -0.05) is 18.2 Å². The molecule has 1 amide bonds. The SMILES string of the molecule is CC(=O)Nc1ccc(OC(=O)Cc2ccccc2F)cc1. The third-order valence-corrected chi connectivity index (χ3v) is 2.70. The molecule has 2 rings (SSSR count). The van der Waals surface area contributed by atoms with E-state index in [1.807, 2.05) is 0 Å². The highest BCUT2D eigenvalue weighted by Crippen LogP contribution is 2.17. The number of amides is 1. The van der Waals surface area contributed by atoms with E-state index in [0.29, 0.717) is 11.4 Å². The van der Waals surface area contributed by atoms with E-state index in [1.54, 1.807) is 36.4 Å². The number of hydrogen-bond acceptors (Lipinski definition) is 3. The summed E-state index contributed by atoms with van der Waals surface area (Å²) in [5, 5.41) is 2.60. The predicted molar refractivity (Wildman–Crippen MR) is 76.5 cm³/mol. The molecule has 0 heterocycles. The number of nitrogens with one attached hydrogen (secondary N) is 1. The van der Waals surface area contributed by atoms with Gasteiger partial charge >= 0.3 is 5.97 Å². The van der Waals surface area contributed by atoms with E-state index in [1.165, 1.54) is 19.1 Å². The van der Waals surface area contributed by atoms with Gasteiger partial charge in [-0.15, -0.1) is 0 Å². The average Bonchev–Trinajstić information content (AvgIpc) is 2.43. The summed E-state index contributed by atoms with van der Waals surface area (Å²) in [5.74, 6) is -0.826. The minimum Gasteiger partial charge on any atom is -0.426 e. The summed E-state index contributed by atoms with van der Waals surface area (Å²) in [4.78, 5) is 22.6. The molecule has 0 unspecified atom stereocenters. The van der Waals surface area contributed by atoms with Gasteiger partial charge in [-0.3, -0.25) is 9.59 Å². The topological polar surface area (TPSA) is 55.4 Å². The summed E-state index contributed by atoms with van der Waals surface area (Å²) in [5.41, 5.74) is 0.897. The van der Waals surface area contributed by atoms with Crippen molar-refractivity contribution in [3.05, 3.63) is 59.9 Å². The van der Waals surface area contributed by atoms with Crippen LogP contribution < -0.4 is 10.1 Å². The van der Waals surface area contributed by atoms with Crippen LogP contribution in [0.15, 0.2) is 48.5 Å². The van der Waals surface area contributed by atoms with Crippen LogP contribution in [0.1, 0.15) is 12.5 Å². The summed E-state index contributed by atoms with van der Waals surface area (Å²) in [6, 6.07) is 12.4. The highest BCUT2D eigenvalue weighted by molar-refractivity contribution is 5.88. The Morgan fingerprint density at radius 3 is 2.38 bits per heavy atom. The molecular formula is C16H14FNO3. The number of hydrogen-bond donors (Lipinski definition) is 1. The van der Waals surface area contributed by atoms with E-state index in [-0.39, 0.29) is 17.9 Å². The molecule has 108 valence electrons. The van der Waals surface area contributed by atoms with Gasteiger partial charge < -0.3 is 10.1 Å². The van der Waals surface area contributed by atoms with Crippen LogP contribution >= 0.6 is 0 Å². The molecular weight excluding hydrogens is 273 g/mol. The molecule has 0 radical (unpaired) electrons. The van der Waals surface area contributed by atoms with Crippen LogP contribution in [0.5, 0.6) is 5.75 Å². The van der Waals surface area contributed by atoms with E-state index in [9.17, 15) is 14.0 Å². The number of anilines is 1. The normalized spacial score (nSPS) is 10.0. The van der Waals surface area contributed by atoms with Crippen molar-refractivity contribution in [3.8, 4) is 5.75 Å². The van der Waals surface area contributed by atoms with Gasteiger partial charge in [0.15, 0.2) is 0 Å². The van der Waals surface area contributed by atoms with Crippen LogP contribution in [0.4, 0.5) is 10.1 Å². The van der Waals surface area contributed by atoms with Crippen LogP contribution in [-0.2, 0) is 16.0 Å². The van der Waals surface area contributed by atoms with Crippen LogP contribution in [-0.4, -0.2) is 11.9 Å². The smallest absolute Gasteiger partial charge is 0.315 e. The van der Waals surface area contributed by atoms with Gasteiger partial charge in [0.2, 0.25) is 5.91 Å². The number of carbonyl (C=O) groups is 2. The molecule has 21 heavy (non-hydrogen) atoms. The van der Waals surface area contributed by atoms with Crippen molar-refractivity contribution in [2.75, 3.05) is 5.32 Å². The molecule has 0 bridgehead atoms. The van der Waals surface area contributed by atoms with E-state index >= 15 is 0 Å². The zero-order valence-electron chi connectivity index (χ0n) is 11.4. The first-order chi connectivity index (χ1) is 10.0. The lowest BCUT2D eigenvalue weighted by Crippen LogP contribution is -2.12. The first-order valence-corrected chi connectivity index (χ1v) is 6.36. The summed E-state index contributed by atoms with van der Waals surface area (Å²) in [6.07, 6.45) is -0.139. The molecule has 0 fully saturated rings. The molecule has 0 aliphatic heterocycles. The molecule has 2 aromatic carbocycles. The van der Waals surface area contributed by atoms with Crippen LogP contribution in [0, 0.1) is 5.82 Å². The van der Waals surface area contributed by atoms with Crippen molar-refractivity contribution in [1.29, 1.82) is 0 Å². The number of rotatable bonds is 4. The Balaban J connectivity index is 1.96. The second-order valence-electron chi connectivity index (χ2n) is 4.45. The minimum atomic E-state index is -0.549. The second kappa shape index (κ2) is 6.65. The van der Waals surface area contributed by atoms with Gasteiger partial charge in [0, 0.05) is 12.6 Å². The molecule has 0 saturated carbocycles. The quantitative estimate of drug-likeness (QED) is 0.695. The lowest BCUT2D eigenvalue weighted by Gasteiger charge is -2.06. The summed E-state index contributed by atoms with van der Waals surface area (Å²) < 4.78 is 18.5. The standard InChI is InChI=1S/C16H14FNO3/c1-11(19)18-13-6-8-14(9-7-13)21-16(20)10-12-4-2-3-5-15(12)17/h2-9H,10H2,1H3,(H,18,19). The molecule has 4 nitrogen and oxygen atoms in total. The number of ether oxygens (including phenoxy) is 1. The average molecular weight is 287 g/mol. The molecule has 2 aromatic rings. The zero-order valence-corrected chi connectivity index (χ0v) is 11.4. The summed E-state index contributed by atoms with van der Waals surface area (Å²) in [7, 11) is 0. The fraction of sp³-hybridized carbons (Fsp3) is 0.125. The Kier molecular flexibility index (Phi) is 4.66. The van der Waals surface area contributed by atoms with Crippen molar-refractivity contribution >= 4 is 17.6 Å². The maximum absolute atomic E-state index is 13.4. The first-order valence-electron chi connectivity index (χ1n) is 6.36. The van der Waals surface area contributed by atoms with Gasteiger partial charge in [0.25, 0.3) is 0 Å². The monoisotopic (exact) mass is 287 g/mol. The Labute approximate surface area is 121 Å². The Morgan fingerprint density at radius 2 is 1.76 bits per heavy atom. The van der Waals surface area contributed by atoms with Gasteiger partial charge in [-0.2, -0.15) is 0 Å². The van der Waals surface area contributed by atoms with Gasteiger partial charge in [0.1, 0.15) is 11.6 Å². The van der Waals surface area contributed by atoms with Crippen LogP contribution in [0.3, 0.4) is 0 Å². The molecule has 0 aliphatic rings. The van der Waals surface area contributed by atoms with Crippen LogP contribution in [0.2, 0.25) is 0 Å². The van der Waals surface area contributed by atoms with Crippen LogP contribution in [0.25, 0.3) is 0 Å². The van der Waals surface area contributed by atoms with Crippen molar-refractivity contribution in [2.24, 2.45) is 0 Å². The predicted octanol–water partition coefficient (Wildman–Crippen LogP) is 2.93. The maximum Gasteiger partial charge on any atom is 0.315 e. The van der Waals surface area contributed by atoms with Crippen molar-refractivity contribution < 1.29 is 18.7 Å². The third-order valence-electron chi connectivity index (χ3n) is 2.70. The van der Waals surface area contributed by atoms with Gasteiger partial charge in [0.05, 0.1) is 6.42 Å². The molecule has 0 spiro atoms. The van der Waals surface area contributed by atoms with Gasteiger partial charge in [-0.05, 0) is 35.9 Å². The van der Waals surface area contributed by atoms with Gasteiger partial charge in [-0.25, -0.2) is 4.39 Å². The van der Waals surface area contributed by atoms with E-state index < -0.39 is 11.8 Å². The largest absolute Gasteiger partial charge is 0.426 e. The lowest BCUT2D eigenvalue weighted by atomic mass is 10.1. The summed E-state index contributed by atoms with van der Waals surface area (Å²) >= 11 is 0. The molecule has 5 heteroatoms. The van der Waals surface area contributed by atoms with Crippen molar-refractivity contribution in [1.82, 2.24) is 0 Å². The highest BCUT2D eigenvalue weighted by Gasteiger charge is 2.10. The first kappa shape index (κ1) is 14.7. The molecule has 0 aromatic heterocycles. The minimum absolute atomic E-state index is 0.139. The number of halogens is 1. The fourth-order valence-corrected chi connectivity index (χ4v) is 1.77. The molecule has 0 atom stereocenters. The lowest BCUT2D eigenvalue weighted by molar-refractivity contribution is -0.133. The zero-order chi connectivity index (χ0) is 15.2. The highest BCUT2D eigenvalue weighted by atomic mass is 19.1. The van der Waals surface area contributed by atoms with Crippen molar-refractivity contribution in [3.63, 3.8) is 0 Å². The maximum atomic E-state index is 13.4. The molecule has 0 saturated heterocycles. The number of benzene rings is 2. The van der Waals surface area contributed by atoms with E-state index in [4.69, 9.17) is 4.74 Å². The van der Waals surface area contributed by atoms with E-state index in [2.05, 4.69) is 5.32 Å². The third kappa shape index (κ3) is 4.42. The number of carbonyl (C=O) groups excluding carboxylic acids is 2. The molecule has 1 N–H and O–H groups in total. The Morgan fingerprint density at radius 1 is 1.10 bits per heavy atom. The fourth-order valence-electron chi connectivity index (χ4n) is 1.77. The molecule has 0 aliphatic carbocycles. The van der Waals surface area contributed by atoms with Crippen molar-refractivity contribution in [2.45, 2.75) is 13.3 Å². The van der Waals surface area contributed by atoms with E-state index in [0.717, 1.165) is 0 Å². The number of esters is 1. The summed E-state index contributed by atoms with van der Waals surface area (Å²) in [6.45, 7) is 1.41. The Bertz CT molecular complexity index is 653. The second-order valence-corrected chi connectivity index (χ2v) is 4.45.